The monoisotopic (exact) mass is 561 g/mol. The van der Waals surface area contributed by atoms with Crippen LogP contribution in [-0.2, 0) is 14.3 Å². The summed E-state index contributed by atoms with van der Waals surface area (Å²) in [4.78, 5) is 29.3. The highest BCUT2D eigenvalue weighted by Gasteiger charge is 2.41. The average molecular weight is 562 g/mol. The summed E-state index contributed by atoms with van der Waals surface area (Å²) in [7, 11) is 0. The quantitative estimate of drug-likeness (QED) is 0.190. The van der Waals surface area contributed by atoms with Crippen LogP contribution in [0.4, 0.5) is 0 Å². The molecule has 4 rings (SSSR count). The van der Waals surface area contributed by atoms with Crippen molar-refractivity contribution in [3.63, 3.8) is 0 Å². The molecule has 0 spiro atoms. The summed E-state index contributed by atoms with van der Waals surface area (Å²) in [5, 5.41) is 18.9. The summed E-state index contributed by atoms with van der Waals surface area (Å²) in [5.41, 5.74) is 0.0828. The van der Waals surface area contributed by atoms with Gasteiger partial charge in [-0.05, 0) is 49.8 Å². The number of rotatable bonds is 9. The number of carbonyl (C=O) groups is 2. The third-order valence-corrected chi connectivity index (χ3v) is 8.84. The molecule has 1 amide bonds. The number of amides is 1. The first-order chi connectivity index (χ1) is 17.8. The number of nitrogens with zero attached hydrogens (tertiary/aromatic N) is 1. The van der Waals surface area contributed by atoms with E-state index in [0.717, 1.165) is 24.2 Å². The van der Waals surface area contributed by atoms with Gasteiger partial charge in [0.15, 0.2) is 0 Å². The van der Waals surface area contributed by atoms with E-state index in [-0.39, 0.29) is 43.7 Å². The fraction of sp³-hybridized carbons (Fsp3) is 0.444. The lowest BCUT2D eigenvalue weighted by Gasteiger charge is -2.34. The van der Waals surface area contributed by atoms with Crippen molar-refractivity contribution in [2.75, 3.05) is 26.1 Å². The Bertz CT molecular complexity index is 1170. The Morgan fingerprint density at radius 1 is 1.24 bits per heavy atom. The van der Waals surface area contributed by atoms with Crippen molar-refractivity contribution in [2.24, 2.45) is 11.3 Å². The van der Waals surface area contributed by atoms with E-state index in [1.165, 1.54) is 16.7 Å². The second-order valence-corrected chi connectivity index (χ2v) is 12.3. The molecule has 2 fully saturated rings. The van der Waals surface area contributed by atoms with Gasteiger partial charge in [0, 0.05) is 28.0 Å². The zero-order valence-corrected chi connectivity index (χ0v) is 23.3. The fourth-order valence-electron chi connectivity index (χ4n) is 4.38. The lowest BCUT2D eigenvalue weighted by molar-refractivity contribution is -0.156. The zero-order valence-electron chi connectivity index (χ0n) is 20.8. The lowest BCUT2D eigenvalue weighted by Crippen LogP contribution is -2.43. The van der Waals surface area contributed by atoms with Crippen molar-refractivity contribution in [3.05, 3.63) is 47.1 Å². The highest BCUT2D eigenvalue weighted by atomic mass is 32.2. The number of esters is 1. The minimum Gasteiger partial charge on any atom is -0.465 e. The first kappa shape index (κ1) is 27.9. The molecule has 2 atom stereocenters. The van der Waals surface area contributed by atoms with Gasteiger partial charge >= 0.3 is 5.97 Å². The first-order valence-corrected chi connectivity index (χ1v) is 14.6. The number of hydrogen-bond acceptors (Lipinski definition) is 9. The number of benzene rings is 1. The number of thioether (sulfide) groups is 2. The number of furan rings is 1. The molecule has 2 heterocycles. The van der Waals surface area contributed by atoms with Gasteiger partial charge in [-0.3, -0.25) is 14.5 Å². The molecule has 1 saturated heterocycles. The number of ether oxygens (including phenoxy) is 1. The maximum Gasteiger partial charge on any atom is 0.309 e. The normalized spacial score (nSPS) is 21.6. The molecule has 37 heavy (non-hydrogen) atoms. The summed E-state index contributed by atoms with van der Waals surface area (Å²) in [6.45, 7) is 1.03. The molecular weight excluding hydrogens is 530 g/mol. The number of carbonyl (C=O) groups excluding carboxylic acids is 2. The molecule has 1 aliphatic carbocycles. The molecule has 2 aliphatic rings. The SMILES string of the molecule is CSc1ccc(-c2ccc(C=C3SC(=S)N(C4CCCC(C(=O)OCC(C)(CO)CO)C4)C3=O)o2)cc1. The number of aliphatic hydroxyl groups is 2. The van der Waals surface area contributed by atoms with Gasteiger partial charge in [0.25, 0.3) is 5.91 Å². The van der Waals surface area contributed by atoms with Crippen LogP contribution in [-0.4, -0.2) is 63.4 Å². The Morgan fingerprint density at radius 2 is 1.97 bits per heavy atom. The minimum atomic E-state index is -0.879. The van der Waals surface area contributed by atoms with Gasteiger partial charge in [0.1, 0.15) is 22.4 Å². The van der Waals surface area contributed by atoms with E-state index < -0.39 is 5.41 Å². The standard InChI is InChI=1S/C27H31NO6S3/c1-27(14-29,15-30)16-33-25(32)18-4-3-5-19(12-18)28-24(31)23(37-26(28)35)13-20-8-11-22(34-20)17-6-9-21(36-2)10-7-17/h6-11,13,18-19,29-30H,3-5,12,14-16H2,1-2H3. The predicted octanol–water partition coefficient (Wildman–Crippen LogP) is 4.96. The van der Waals surface area contributed by atoms with Crippen LogP contribution >= 0.6 is 35.7 Å². The van der Waals surface area contributed by atoms with Crippen LogP contribution in [0.3, 0.4) is 0 Å². The molecule has 7 nitrogen and oxygen atoms in total. The van der Waals surface area contributed by atoms with E-state index in [0.29, 0.717) is 27.8 Å². The Kier molecular flexibility index (Phi) is 9.18. The second kappa shape index (κ2) is 12.2. The van der Waals surface area contributed by atoms with E-state index in [9.17, 15) is 19.8 Å². The van der Waals surface area contributed by atoms with Gasteiger partial charge in [-0.25, -0.2) is 0 Å². The van der Waals surface area contributed by atoms with Crippen LogP contribution < -0.4 is 0 Å². The average Bonchev–Trinajstić information content (AvgIpc) is 3.50. The summed E-state index contributed by atoms with van der Waals surface area (Å²) in [6.07, 6.45) is 6.41. The highest BCUT2D eigenvalue weighted by molar-refractivity contribution is 8.26. The smallest absolute Gasteiger partial charge is 0.309 e. The molecular formula is C27H31NO6S3. The topological polar surface area (TPSA) is 100 Å². The fourth-order valence-corrected chi connectivity index (χ4v) is 6.17. The molecule has 1 aliphatic heterocycles. The summed E-state index contributed by atoms with van der Waals surface area (Å²) >= 11 is 8.48. The van der Waals surface area contributed by atoms with Crippen molar-refractivity contribution in [2.45, 2.75) is 43.5 Å². The van der Waals surface area contributed by atoms with E-state index in [1.54, 1.807) is 29.7 Å². The van der Waals surface area contributed by atoms with Crippen LogP contribution in [0.2, 0.25) is 0 Å². The van der Waals surface area contributed by atoms with Gasteiger partial charge in [0.05, 0.1) is 24.0 Å². The summed E-state index contributed by atoms with van der Waals surface area (Å²) in [5.74, 6) is 0.392. The molecule has 1 aromatic heterocycles. The van der Waals surface area contributed by atoms with Crippen molar-refractivity contribution >= 4 is 58.0 Å². The number of thiocarbonyl (C=S) groups is 1. The van der Waals surface area contributed by atoms with E-state index >= 15 is 0 Å². The van der Waals surface area contributed by atoms with E-state index in [4.69, 9.17) is 21.4 Å². The Labute approximate surface area is 230 Å². The van der Waals surface area contributed by atoms with Crippen molar-refractivity contribution < 1.29 is 29.0 Å². The first-order valence-electron chi connectivity index (χ1n) is 12.2. The molecule has 2 N–H and O–H groups in total. The minimum absolute atomic E-state index is 0.0589. The van der Waals surface area contributed by atoms with Crippen molar-refractivity contribution in [1.29, 1.82) is 0 Å². The molecule has 10 heteroatoms. The molecule has 0 bridgehead atoms. The predicted molar refractivity (Wildman–Crippen MR) is 150 cm³/mol. The molecule has 2 unspecified atom stereocenters. The van der Waals surface area contributed by atoms with Crippen molar-refractivity contribution in [1.82, 2.24) is 4.90 Å². The van der Waals surface area contributed by atoms with Crippen LogP contribution in [0.1, 0.15) is 38.4 Å². The van der Waals surface area contributed by atoms with Crippen LogP contribution in [0.15, 0.2) is 50.6 Å². The van der Waals surface area contributed by atoms with Crippen molar-refractivity contribution in [3.8, 4) is 11.3 Å². The zero-order chi connectivity index (χ0) is 26.6. The Balaban J connectivity index is 1.41. The van der Waals surface area contributed by atoms with Gasteiger partial charge in [-0.1, -0.05) is 49.5 Å². The highest BCUT2D eigenvalue weighted by Crippen LogP contribution is 2.39. The maximum atomic E-state index is 13.3. The Morgan fingerprint density at radius 3 is 2.65 bits per heavy atom. The van der Waals surface area contributed by atoms with Gasteiger partial charge < -0.3 is 19.4 Å². The van der Waals surface area contributed by atoms with Crippen LogP contribution in [0.25, 0.3) is 17.4 Å². The lowest BCUT2D eigenvalue weighted by atomic mass is 9.85. The van der Waals surface area contributed by atoms with Crippen LogP contribution in [0, 0.1) is 11.3 Å². The third-order valence-electron chi connectivity index (χ3n) is 6.77. The van der Waals surface area contributed by atoms with Gasteiger partial charge in [-0.15, -0.1) is 11.8 Å². The van der Waals surface area contributed by atoms with Gasteiger partial charge in [-0.2, -0.15) is 0 Å². The molecule has 2 aromatic rings. The second-order valence-electron chi connectivity index (χ2n) is 9.73. The van der Waals surface area contributed by atoms with E-state index in [1.807, 2.05) is 42.7 Å². The number of aliphatic hydroxyl groups excluding tert-OH is 2. The van der Waals surface area contributed by atoms with Crippen LogP contribution in [0.5, 0.6) is 0 Å². The molecule has 1 aromatic carbocycles. The summed E-state index contributed by atoms with van der Waals surface area (Å²) < 4.78 is 11.9. The number of hydrogen-bond donors (Lipinski definition) is 2. The third kappa shape index (κ3) is 6.49. The molecule has 0 radical (unpaired) electrons. The summed E-state index contributed by atoms with van der Waals surface area (Å²) in [6, 6.07) is 11.6. The molecule has 1 saturated carbocycles. The molecule has 198 valence electrons. The largest absolute Gasteiger partial charge is 0.465 e. The van der Waals surface area contributed by atoms with E-state index in [2.05, 4.69) is 0 Å². The Hall–Kier alpha value is -2.11. The van der Waals surface area contributed by atoms with Gasteiger partial charge in [0.2, 0.25) is 0 Å². The maximum absolute atomic E-state index is 13.3.